The number of rotatable bonds is 13. The number of amides is 1. The predicted octanol–water partition coefficient (Wildman–Crippen LogP) is 4.22. The van der Waals surface area contributed by atoms with Gasteiger partial charge >= 0.3 is 5.97 Å². The normalized spacial score (nSPS) is 11.9. The molecule has 0 radical (unpaired) electrons. The monoisotopic (exact) mass is 407 g/mol. The minimum Gasteiger partial charge on any atom is -0.461 e. The van der Waals surface area contributed by atoms with Crippen molar-refractivity contribution < 1.29 is 23.8 Å². The Bertz CT molecular complexity index is 605. The highest BCUT2D eigenvalue weighted by atomic mass is 16.7. The minimum atomic E-state index is -1.12. The first kappa shape index (κ1) is 25.1. The second-order valence-corrected chi connectivity index (χ2v) is 8.51. The Labute approximate surface area is 175 Å². The lowest BCUT2D eigenvalue weighted by atomic mass is 9.89. The zero-order valence-corrected chi connectivity index (χ0v) is 18.6. The van der Waals surface area contributed by atoms with Crippen molar-refractivity contribution in [1.29, 1.82) is 0 Å². The van der Waals surface area contributed by atoms with Crippen LogP contribution in [0, 0.1) is 5.41 Å². The number of hydrogen-bond acceptors (Lipinski definition) is 5. The van der Waals surface area contributed by atoms with Gasteiger partial charge < -0.3 is 19.5 Å². The SMILES string of the molecule is COC(CCNC(=O)CCCCC(C)(C)C)(CC(=O)OCc1ccccc1)OC. The van der Waals surface area contributed by atoms with E-state index in [1.807, 2.05) is 30.3 Å². The Morgan fingerprint density at radius 1 is 0.966 bits per heavy atom. The maximum Gasteiger partial charge on any atom is 0.311 e. The number of nitrogens with one attached hydrogen (secondary N) is 1. The van der Waals surface area contributed by atoms with Crippen LogP contribution in [0.5, 0.6) is 0 Å². The molecule has 1 rings (SSSR count). The topological polar surface area (TPSA) is 73.9 Å². The molecule has 0 atom stereocenters. The van der Waals surface area contributed by atoms with Crippen LogP contribution < -0.4 is 5.32 Å². The predicted molar refractivity (Wildman–Crippen MR) is 113 cm³/mol. The molecule has 0 aliphatic carbocycles. The Morgan fingerprint density at radius 2 is 1.62 bits per heavy atom. The fourth-order valence-corrected chi connectivity index (χ4v) is 2.95. The molecule has 0 fully saturated rings. The van der Waals surface area contributed by atoms with E-state index in [2.05, 4.69) is 26.1 Å². The standard InChI is InChI=1S/C23H37NO5/c1-22(2,3)14-10-9-13-20(25)24-16-15-23(27-4,28-5)17-21(26)29-18-19-11-7-6-8-12-19/h6-8,11-12H,9-10,13-18H2,1-5H3,(H,24,25). The Kier molecular flexibility index (Phi) is 10.9. The van der Waals surface area contributed by atoms with Crippen molar-refractivity contribution >= 4 is 11.9 Å². The molecule has 6 heteroatoms. The lowest BCUT2D eigenvalue weighted by Crippen LogP contribution is -2.40. The van der Waals surface area contributed by atoms with E-state index < -0.39 is 11.8 Å². The van der Waals surface area contributed by atoms with Crippen molar-refractivity contribution in [1.82, 2.24) is 5.32 Å². The summed E-state index contributed by atoms with van der Waals surface area (Å²) >= 11 is 0. The summed E-state index contributed by atoms with van der Waals surface area (Å²) in [5.74, 6) is -1.52. The molecule has 1 aromatic carbocycles. The van der Waals surface area contributed by atoms with E-state index in [-0.39, 0.29) is 18.9 Å². The highest BCUT2D eigenvalue weighted by Crippen LogP contribution is 2.23. The molecule has 6 nitrogen and oxygen atoms in total. The van der Waals surface area contributed by atoms with Gasteiger partial charge in [-0.3, -0.25) is 9.59 Å². The molecule has 0 unspecified atom stereocenters. The molecule has 0 heterocycles. The van der Waals surface area contributed by atoms with Crippen molar-refractivity contribution in [2.45, 2.75) is 71.7 Å². The van der Waals surface area contributed by atoms with Gasteiger partial charge in [-0.1, -0.05) is 57.5 Å². The van der Waals surface area contributed by atoms with E-state index in [0.717, 1.165) is 24.8 Å². The summed E-state index contributed by atoms with van der Waals surface area (Å²) < 4.78 is 16.2. The summed E-state index contributed by atoms with van der Waals surface area (Å²) in [4.78, 5) is 24.3. The Morgan fingerprint density at radius 3 is 2.21 bits per heavy atom. The van der Waals surface area contributed by atoms with Gasteiger partial charge in [-0.25, -0.2) is 0 Å². The first-order valence-corrected chi connectivity index (χ1v) is 10.3. The molecule has 0 aromatic heterocycles. The van der Waals surface area contributed by atoms with E-state index in [4.69, 9.17) is 14.2 Å². The molecule has 0 saturated carbocycles. The van der Waals surface area contributed by atoms with Crippen molar-refractivity contribution in [2.75, 3.05) is 20.8 Å². The van der Waals surface area contributed by atoms with Crippen LogP contribution in [0.15, 0.2) is 30.3 Å². The molecule has 29 heavy (non-hydrogen) atoms. The highest BCUT2D eigenvalue weighted by molar-refractivity contribution is 5.75. The summed E-state index contributed by atoms with van der Waals surface area (Å²) in [6.45, 7) is 7.17. The third-order valence-electron chi connectivity index (χ3n) is 4.81. The first-order chi connectivity index (χ1) is 13.7. The number of esters is 1. The number of hydrogen-bond donors (Lipinski definition) is 1. The molecule has 164 valence electrons. The van der Waals surface area contributed by atoms with Crippen LogP contribution in [0.3, 0.4) is 0 Å². The molecule has 0 saturated heterocycles. The number of ether oxygens (including phenoxy) is 3. The van der Waals surface area contributed by atoms with E-state index in [1.54, 1.807) is 0 Å². The van der Waals surface area contributed by atoms with Gasteiger partial charge in [0.25, 0.3) is 0 Å². The second kappa shape index (κ2) is 12.6. The van der Waals surface area contributed by atoms with Crippen LogP contribution in [0.25, 0.3) is 0 Å². The van der Waals surface area contributed by atoms with E-state index in [1.165, 1.54) is 14.2 Å². The van der Waals surface area contributed by atoms with Gasteiger partial charge in [0.1, 0.15) is 6.61 Å². The third-order valence-corrected chi connectivity index (χ3v) is 4.81. The molecule has 1 N–H and O–H groups in total. The Hall–Kier alpha value is -1.92. The second-order valence-electron chi connectivity index (χ2n) is 8.51. The summed E-state index contributed by atoms with van der Waals surface area (Å²) in [6.07, 6.45) is 3.81. The smallest absolute Gasteiger partial charge is 0.311 e. The third kappa shape index (κ3) is 11.0. The first-order valence-electron chi connectivity index (χ1n) is 10.3. The van der Waals surface area contributed by atoms with E-state index in [9.17, 15) is 9.59 Å². The minimum absolute atomic E-state index is 0.00618. The zero-order valence-electron chi connectivity index (χ0n) is 18.6. The van der Waals surface area contributed by atoms with Gasteiger partial charge in [0, 0.05) is 33.6 Å². The van der Waals surface area contributed by atoms with Crippen LogP contribution in [0.4, 0.5) is 0 Å². The van der Waals surface area contributed by atoms with E-state index in [0.29, 0.717) is 24.8 Å². The lowest BCUT2D eigenvalue weighted by molar-refractivity contribution is -0.219. The molecule has 0 aliphatic heterocycles. The van der Waals surface area contributed by atoms with Crippen LogP contribution in [0.1, 0.15) is 64.9 Å². The van der Waals surface area contributed by atoms with Gasteiger partial charge in [0.15, 0.2) is 5.79 Å². The largest absolute Gasteiger partial charge is 0.461 e. The van der Waals surface area contributed by atoms with Crippen LogP contribution in [-0.2, 0) is 30.4 Å². The number of unbranched alkanes of at least 4 members (excludes halogenated alkanes) is 1. The van der Waals surface area contributed by atoms with Gasteiger partial charge in [-0.2, -0.15) is 0 Å². The molecular formula is C23H37NO5. The van der Waals surface area contributed by atoms with Crippen molar-refractivity contribution in [2.24, 2.45) is 5.41 Å². The van der Waals surface area contributed by atoms with Gasteiger partial charge in [0.2, 0.25) is 5.91 Å². The lowest BCUT2D eigenvalue weighted by Gasteiger charge is -2.30. The number of carbonyl (C=O) groups is 2. The highest BCUT2D eigenvalue weighted by Gasteiger charge is 2.33. The molecule has 0 aliphatic rings. The summed E-state index contributed by atoms with van der Waals surface area (Å²) in [7, 11) is 2.98. The van der Waals surface area contributed by atoms with Crippen molar-refractivity contribution in [3.8, 4) is 0 Å². The van der Waals surface area contributed by atoms with Crippen LogP contribution in [0.2, 0.25) is 0 Å². The molecule has 0 spiro atoms. The van der Waals surface area contributed by atoms with Gasteiger partial charge in [0.05, 0.1) is 6.42 Å². The molecule has 0 bridgehead atoms. The average molecular weight is 408 g/mol. The fourth-order valence-electron chi connectivity index (χ4n) is 2.95. The quantitative estimate of drug-likeness (QED) is 0.301. The fraction of sp³-hybridized carbons (Fsp3) is 0.652. The number of methoxy groups -OCH3 is 2. The van der Waals surface area contributed by atoms with Crippen LogP contribution >= 0.6 is 0 Å². The van der Waals surface area contributed by atoms with E-state index >= 15 is 0 Å². The summed E-state index contributed by atoms with van der Waals surface area (Å²) in [5.41, 5.74) is 1.21. The van der Waals surface area contributed by atoms with Gasteiger partial charge in [-0.15, -0.1) is 0 Å². The number of benzene rings is 1. The molecular weight excluding hydrogens is 370 g/mol. The van der Waals surface area contributed by atoms with Crippen molar-refractivity contribution in [3.63, 3.8) is 0 Å². The van der Waals surface area contributed by atoms with Gasteiger partial charge in [-0.05, 0) is 23.8 Å². The number of carbonyl (C=O) groups excluding carboxylic acids is 2. The van der Waals surface area contributed by atoms with Crippen molar-refractivity contribution in [3.05, 3.63) is 35.9 Å². The Balaban J connectivity index is 2.36. The summed E-state index contributed by atoms with van der Waals surface area (Å²) in [6, 6.07) is 9.48. The maximum absolute atomic E-state index is 12.2. The molecule has 1 aromatic rings. The zero-order chi connectivity index (χ0) is 21.8. The maximum atomic E-state index is 12.2. The molecule has 1 amide bonds. The van der Waals surface area contributed by atoms with Crippen LogP contribution in [-0.4, -0.2) is 38.4 Å². The average Bonchev–Trinajstić information content (AvgIpc) is 2.69. The summed E-state index contributed by atoms with van der Waals surface area (Å²) in [5, 5.41) is 2.88.